The van der Waals surface area contributed by atoms with Crippen LogP contribution in [-0.4, -0.2) is 0 Å². The van der Waals surface area contributed by atoms with E-state index in [2.05, 4.69) is 434 Å². The van der Waals surface area contributed by atoms with E-state index in [9.17, 15) is 0 Å². The quantitative estimate of drug-likeness (QED) is 0.0951. The van der Waals surface area contributed by atoms with Crippen molar-refractivity contribution in [3.05, 3.63) is 425 Å². The van der Waals surface area contributed by atoms with E-state index in [0.717, 1.165) is 78.6 Å². The maximum Gasteiger partial charge on any atom is 0.0540 e. The first kappa shape index (κ1) is 62.6. The highest BCUT2D eigenvalue weighted by molar-refractivity contribution is 6.07. The van der Waals surface area contributed by atoms with Gasteiger partial charge in [0.15, 0.2) is 0 Å². The number of rotatable bonds is 16. The highest BCUT2D eigenvalue weighted by Crippen LogP contribution is 2.48. The van der Waals surface area contributed by atoms with Crippen molar-refractivity contribution in [2.75, 3.05) is 9.80 Å². The fraction of sp³-hybridized carbons (Fsp3) is 0. The number of para-hydroxylation sites is 1. The zero-order chi connectivity index (χ0) is 69.1. The summed E-state index contributed by atoms with van der Waals surface area (Å²) in [6, 6.07) is 155. The molecule has 0 heterocycles. The lowest BCUT2D eigenvalue weighted by atomic mass is 9.86. The standard InChI is InChI=1S/C102H70N2/c1-5-26-72(27-6-1)91-42-17-18-52-99(91)103(85-66-58-77(59-67-85)94-47-24-46-93(74-28-7-2-8-29-74)101(94)79-32-9-3-10-33-79)83-64-56-76(57-65-83)89-44-22-51-98-90(45-23-50-97(89)98)81-38-19-39-82(70-81)96-49-25-48-95(102(96)80-34-11-4-12-35-80)78-60-68-86(69-61-78)104(100-53-21-37-73-31-14-16-41-92(73)100)84-62-54-75(55-63-84)88-43-20-36-71-30-13-15-40-87(71)88/h1-70H. The molecule has 488 valence electrons. The van der Waals surface area contributed by atoms with Crippen LogP contribution < -0.4 is 9.80 Å². The molecule has 0 saturated heterocycles. The Morgan fingerprint density at radius 2 is 0.385 bits per heavy atom. The minimum Gasteiger partial charge on any atom is -0.310 e. The summed E-state index contributed by atoms with van der Waals surface area (Å²) < 4.78 is 0. The molecule has 18 aromatic carbocycles. The lowest BCUT2D eigenvalue weighted by molar-refractivity contribution is 1.28. The van der Waals surface area contributed by atoms with E-state index in [1.807, 2.05) is 0 Å². The fourth-order valence-electron chi connectivity index (χ4n) is 15.6. The molecule has 0 aliphatic rings. The number of benzene rings is 18. The Balaban J connectivity index is 0.683. The van der Waals surface area contributed by atoms with Gasteiger partial charge in [0, 0.05) is 33.7 Å². The van der Waals surface area contributed by atoms with E-state index >= 15 is 0 Å². The van der Waals surface area contributed by atoms with Crippen LogP contribution in [-0.2, 0) is 0 Å². The van der Waals surface area contributed by atoms with Gasteiger partial charge >= 0.3 is 0 Å². The monoisotopic (exact) mass is 1320 g/mol. The van der Waals surface area contributed by atoms with Gasteiger partial charge in [0.1, 0.15) is 0 Å². The van der Waals surface area contributed by atoms with Crippen molar-refractivity contribution < 1.29 is 0 Å². The molecule has 0 fully saturated rings. The van der Waals surface area contributed by atoms with Crippen molar-refractivity contribution >= 4 is 66.4 Å². The molecule has 0 amide bonds. The number of hydrogen-bond donors (Lipinski definition) is 0. The summed E-state index contributed by atoms with van der Waals surface area (Å²) in [7, 11) is 0. The van der Waals surface area contributed by atoms with E-state index in [0.29, 0.717) is 0 Å². The van der Waals surface area contributed by atoms with E-state index in [1.54, 1.807) is 0 Å². The summed E-state index contributed by atoms with van der Waals surface area (Å²) in [6.45, 7) is 0. The van der Waals surface area contributed by atoms with E-state index in [1.165, 1.54) is 99.1 Å². The molecular weight excluding hydrogens is 1250 g/mol. The smallest absolute Gasteiger partial charge is 0.0540 e. The first-order valence-electron chi connectivity index (χ1n) is 35.8. The number of hydrogen-bond acceptors (Lipinski definition) is 2. The Labute approximate surface area is 608 Å². The second kappa shape index (κ2) is 27.8. The second-order valence-corrected chi connectivity index (χ2v) is 26.6. The topological polar surface area (TPSA) is 6.48 Å². The first-order valence-corrected chi connectivity index (χ1v) is 35.8. The average Bonchev–Trinajstić information content (AvgIpc) is 0.785. The largest absolute Gasteiger partial charge is 0.310 e. The predicted molar refractivity (Wildman–Crippen MR) is 443 cm³/mol. The molecule has 0 saturated carbocycles. The molecule has 104 heavy (non-hydrogen) atoms. The second-order valence-electron chi connectivity index (χ2n) is 26.6. The van der Waals surface area contributed by atoms with Gasteiger partial charge in [-0.3, -0.25) is 0 Å². The van der Waals surface area contributed by atoms with Crippen LogP contribution in [0.5, 0.6) is 0 Å². The van der Waals surface area contributed by atoms with Crippen molar-refractivity contribution in [2.45, 2.75) is 0 Å². The third-order valence-electron chi connectivity index (χ3n) is 20.5. The van der Waals surface area contributed by atoms with Crippen molar-refractivity contribution in [3.63, 3.8) is 0 Å². The maximum absolute atomic E-state index is 2.41. The fourth-order valence-corrected chi connectivity index (χ4v) is 15.6. The van der Waals surface area contributed by atoms with E-state index in [4.69, 9.17) is 0 Å². The molecule has 18 rings (SSSR count). The highest BCUT2D eigenvalue weighted by Gasteiger charge is 2.23. The third kappa shape index (κ3) is 12.0. The first-order chi connectivity index (χ1) is 51.6. The Kier molecular flexibility index (Phi) is 16.7. The van der Waals surface area contributed by atoms with Gasteiger partial charge in [-0.1, -0.05) is 358 Å². The van der Waals surface area contributed by atoms with Crippen LogP contribution in [0.1, 0.15) is 0 Å². The lowest BCUT2D eigenvalue weighted by Gasteiger charge is -2.28. The zero-order valence-corrected chi connectivity index (χ0v) is 57.3. The van der Waals surface area contributed by atoms with Gasteiger partial charge in [-0.05, 0) is 199 Å². The van der Waals surface area contributed by atoms with Crippen LogP contribution in [0, 0.1) is 0 Å². The minimum atomic E-state index is 1.06. The highest BCUT2D eigenvalue weighted by atomic mass is 15.1. The predicted octanol–water partition coefficient (Wildman–Crippen LogP) is 28.8. The molecule has 0 N–H and O–H groups in total. The Morgan fingerprint density at radius 3 is 0.875 bits per heavy atom. The van der Waals surface area contributed by atoms with Crippen molar-refractivity contribution in [1.29, 1.82) is 0 Å². The molecule has 0 spiro atoms. The van der Waals surface area contributed by atoms with Crippen molar-refractivity contribution in [2.24, 2.45) is 0 Å². The molecule has 0 aliphatic carbocycles. The molecule has 0 bridgehead atoms. The summed E-state index contributed by atoms with van der Waals surface area (Å²) in [4.78, 5) is 4.81. The molecule has 0 aromatic heterocycles. The van der Waals surface area contributed by atoms with Crippen LogP contribution in [0.4, 0.5) is 34.1 Å². The number of nitrogens with zero attached hydrogens (tertiary/aromatic N) is 2. The lowest BCUT2D eigenvalue weighted by Crippen LogP contribution is -2.11. The van der Waals surface area contributed by atoms with Gasteiger partial charge in [0.2, 0.25) is 0 Å². The Bertz CT molecular complexity index is 6100. The number of fused-ring (bicyclic) bond motifs is 3. The van der Waals surface area contributed by atoms with Gasteiger partial charge in [-0.25, -0.2) is 0 Å². The molecule has 2 heteroatoms. The van der Waals surface area contributed by atoms with Crippen LogP contribution in [0.3, 0.4) is 0 Å². The van der Waals surface area contributed by atoms with Gasteiger partial charge < -0.3 is 9.80 Å². The van der Waals surface area contributed by atoms with Crippen LogP contribution in [0.15, 0.2) is 425 Å². The summed E-state index contributed by atoms with van der Waals surface area (Å²) in [5.41, 5.74) is 30.1. The Morgan fingerprint density at radius 1 is 0.135 bits per heavy atom. The molecule has 0 radical (unpaired) electrons. The van der Waals surface area contributed by atoms with E-state index < -0.39 is 0 Å². The third-order valence-corrected chi connectivity index (χ3v) is 20.5. The minimum absolute atomic E-state index is 1.06. The average molecular weight is 1320 g/mol. The summed E-state index contributed by atoms with van der Waals surface area (Å²) in [5.74, 6) is 0. The van der Waals surface area contributed by atoms with Crippen molar-refractivity contribution in [3.8, 4) is 111 Å². The number of anilines is 6. The van der Waals surface area contributed by atoms with Crippen LogP contribution in [0.2, 0.25) is 0 Å². The van der Waals surface area contributed by atoms with Gasteiger partial charge in [0.05, 0.1) is 11.4 Å². The molecule has 0 unspecified atom stereocenters. The molecule has 18 aromatic rings. The normalized spacial score (nSPS) is 11.3. The van der Waals surface area contributed by atoms with Crippen LogP contribution >= 0.6 is 0 Å². The van der Waals surface area contributed by atoms with Gasteiger partial charge in [0.25, 0.3) is 0 Å². The zero-order valence-electron chi connectivity index (χ0n) is 57.3. The van der Waals surface area contributed by atoms with Gasteiger partial charge in [-0.15, -0.1) is 0 Å². The summed E-state index contributed by atoms with van der Waals surface area (Å²) in [6.07, 6.45) is 0. The Hall–Kier alpha value is -13.7. The van der Waals surface area contributed by atoms with E-state index in [-0.39, 0.29) is 0 Å². The van der Waals surface area contributed by atoms with Gasteiger partial charge in [-0.2, -0.15) is 0 Å². The molecular formula is C102H70N2. The summed E-state index contributed by atoms with van der Waals surface area (Å²) in [5, 5.41) is 7.27. The van der Waals surface area contributed by atoms with Crippen LogP contribution in [0.25, 0.3) is 144 Å². The maximum atomic E-state index is 2.41. The van der Waals surface area contributed by atoms with Crippen molar-refractivity contribution in [1.82, 2.24) is 0 Å². The molecule has 2 nitrogen and oxygen atoms in total. The molecule has 0 aliphatic heterocycles. The summed E-state index contributed by atoms with van der Waals surface area (Å²) >= 11 is 0. The SMILES string of the molecule is c1ccc(-c2ccccc2N(c2ccc(-c3cccc(-c4ccccc4)c3-c3ccccc3)cc2)c2ccc(-c3cccc4c(-c5cccc(-c6cccc(-c7ccc(N(c8ccc(-c9cccc%10ccccc9%10)cc8)c8cccc9ccccc89)cc7)c6-c6ccccc6)c5)cccc34)cc2)cc1. The molecule has 0 atom stereocenters.